The van der Waals surface area contributed by atoms with Crippen LogP contribution in [0.4, 0.5) is 10.1 Å². The molecule has 0 aliphatic rings. The van der Waals surface area contributed by atoms with Gasteiger partial charge in [0, 0.05) is 21.8 Å². The van der Waals surface area contributed by atoms with Crippen molar-refractivity contribution in [2.24, 2.45) is 0 Å². The zero-order chi connectivity index (χ0) is 21.5. The number of nitrogens with zero attached hydrogens (tertiary/aromatic N) is 1. The Hall–Kier alpha value is -3.62. The first kappa shape index (κ1) is 21.1. The van der Waals surface area contributed by atoms with Gasteiger partial charge in [-0.2, -0.15) is 5.26 Å². The van der Waals surface area contributed by atoms with Crippen LogP contribution in [0, 0.1) is 24.1 Å². The lowest BCUT2D eigenvalue weighted by Gasteiger charge is -2.11. The van der Waals surface area contributed by atoms with Gasteiger partial charge in [-0.05, 0) is 42.8 Å². The first-order chi connectivity index (χ1) is 14.5. The number of nitriles is 1. The summed E-state index contributed by atoms with van der Waals surface area (Å²) in [6.45, 7) is 1.80. The average molecular weight is 421 g/mol. The second-order valence-electron chi connectivity index (χ2n) is 6.45. The number of hydrogen-bond acceptors (Lipinski definition) is 3. The maximum absolute atomic E-state index is 13.8. The molecule has 0 aliphatic heterocycles. The van der Waals surface area contributed by atoms with Gasteiger partial charge in [-0.3, -0.25) is 4.79 Å². The van der Waals surface area contributed by atoms with E-state index in [1.54, 1.807) is 67.6 Å². The van der Waals surface area contributed by atoms with Crippen LogP contribution in [0.15, 0.2) is 72.3 Å². The second kappa shape index (κ2) is 9.73. The quantitative estimate of drug-likeness (QED) is 0.398. The Bertz CT molecular complexity index is 1150. The fourth-order valence-corrected chi connectivity index (χ4v) is 2.91. The minimum Gasteiger partial charge on any atom is -0.488 e. The number of nitrogens with one attached hydrogen (secondary N) is 1. The number of hydrogen-bond donors (Lipinski definition) is 1. The van der Waals surface area contributed by atoms with Crippen molar-refractivity contribution in [1.82, 2.24) is 0 Å². The standard InChI is InChI=1S/C24H18ClFN2O2/c1-16-20(25)9-6-11-22(16)28-24(29)19(14-27)13-17-7-3-5-12-23(17)30-15-18-8-2-4-10-21(18)26/h2-13H,15H2,1H3,(H,28,29)/b19-13-. The molecule has 0 saturated heterocycles. The van der Waals surface area contributed by atoms with Gasteiger partial charge >= 0.3 is 0 Å². The maximum atomic E-state index is 13.8. The number of amides is 1. The van der Waals surface area contributed by atoms with Crippen molar-refractivity contribution in [1.29, 1.82) is 5.26 Å². The van der Waals surface area contributed by atoms with Crippen molar-refractivity contribution in [3.63, 3.8) is 0 Å². The Morgan fingerprint density at radius 1 is 1.13 bits per heavy atom. The van der Waals surface area contributed by atoms with E-state index in [1.807, 2.05) is 6.07 Å². The molecule has 0 aliphatic carbocycles. The number of benzene rings is 3. The normalized spacial score (nSPS) is 10.9. The highest BCUT2D eigenvalue weighted by molar-refractivity contribution is 6.31. The van der Waals surface area contributed by atoms with Crippen LogP contribution in [0.5, 0.6) is 5.75 Å². The SMILES string of the molecule is Cc1c(Cl)cccc1NC(=O)/C(C#N)=C\c1ccccc1OCc1ccccc1F. The Labute approximate surface area is 179 Å². The Balaban J connectivity index is 1.82. The topological polar surface area (TPSA) is 62.1 Å². The molecule has 6 heteroatoms. The van der Waals surface area contributed by atoms with Gasteiger partial charge < -0.3 is 10.1 Å². The fraction of sp³-hybridized carbons (Fsp3) is 0.0833. The predicted molar refractivity (Wildman–Crippen MR) is 116 cm³/mol. The van der Waals surface area contributed by atoms with E-state index in [1.165, 1.54) is 12.1 Å². The van der Waals surface area contributed by atoms with E-state index >= 15 is 0 Å². The average Bonchev–Trinajstić information content (AvgIpc) is 2.75. The predicted octanol–water partition coefficient (Wildman–Crippen LogP) is 5.91. The Kier molecular flexibility index (Phi) is 6.84. The number of carbonyl (C=O) groups excluding carboxylic acids is 1. The molecule has 0 saturated carbocycles. The highest BCUT2D eigenvalue weighted by Gasteiger charge is 2.13. The summed E-state index contributed by atoms with van der Waals surface area (Å²) in [4.78, 5) is 12.6. The van der Waals surface area contributed by atoms with E-state index in [-0.39, 0.29) is 18.0 Å². The van der Waals surface area contributed by atoms with Gasteiger partial charge in [0.25, 0.3) is 5.91 Å². The van der Waals surface area contributed by atoms with Crippen LogP contribution in [-0.4, -0.2) is 5.91 Å². The van der Waals surface area contributed by atoms with Crippen LogP contribution < -0.4 is 10.1 Å². The van der Waals surface area contributed by atoms with Crippen LogP contribution in [0.25, 0.3) is 6.08 Å². The smallest absolute Gasteiger partial charge is 0.266 e. The van der Waals surface area contributed by atoms with Gasteiger partial charge in [0.05, 0.1) is 0 Å². The first-order valence-corrected chi connectivity index (χ1v) is 9.51. The molecule has 3 aromatic rings. The lowest BCUT2D eigenvalue weighted by molar-refractivity contribution is -0.112. The summed E-state index contributed by atoms with van der Waals surface area (Å²) in [6.07, 6.45) is 1.44. The summed E-state index contributed by atoms with van der Waals surface area (Å²) >= 11 is 6.08. The largest absolute Gasteiger partial charge is 0.488 e. The summed E-state index contributed by atoms with van der Waals surface area (Å²) in [7, 11) is 0. The molecule has 1 amide bonds. The van der Waals surface area contributed by atoms with Gasteiger partial charge in [0.1, 0.15) is 29.8 Å². The third kappa shape index (κ3) is 5.05. The van der Waals surface area contributed by atoms with Gasteiger partial charge in [-0.25, -0.2) is 4.39 Å². The van der Waals surface area contributed by atoms with E-state index in [2.05, 4.69) is 5.32 Å². The van der Waals surface area contributed by atoms with Gasteiger partial charge in [-0.15, -0.1) is 0 Å². The van der Waals surface area contributed by atoms with Crippen LogP contribution in [0.1, 0.15) is 16.7 Å². The molecule has 0 atom stereocenters. The van der Waals surface area contributed by atoms with E-state index < -0.39 is 5.91 Å². The van der Waals surface area contributed by atoms with Crippen LogP contribution in [0.3, 0.4) is 0 Å². The highest BCUT2D eigenvalue weighted by atomic mass is 35.5. The van der Waals surface area contributed by atoms with E-state index in [4.69, 9.17) is 16.3 Å². The van der Waals surface area contributed by atoms with Crippen LogP contribution in [0.2, 0.25) is 5.02 Å². The molecular formula is C24H18ClFN2O2. The molecule has 0 radical (unpaired) electrons. The zero-order valence-electron chi connectivity index (χ0n) is 16.2. The number of ether oxygens (including phenoxy) is 1. The van der Waals surface area contributed by atoms with Gasteiger partial charge in [0.2, 0.25) is 0 Å². The molecule has 0 fully saturated rings. The number of rotatable bonds is 6. The molecule has 0 bridgehead atoms. The van der Waals surface area contributed by atoms with Crippen molar-refractivity contribution in [2.45, 2.75) is 13.5 Å². The van der Waals surface area contributed by atoms with Crippen molar-refractivity contribution >= 4 is 29.3 Å². The molecule has 0 spiro atoms. The number of carbonyl (C=O) groups is 1. The lowest BCUT2D eigenvalue weighted by Crippen LogP contribution is -2.14. The summed E-state index contributed by atoms with van der Waals surface area (Å²) in [6, 6.07) is 20.3. The number of anilines is 1. The summed E-state index contributed by atoms with van der Waals surface area (Å²) in [5.74, 6) is -0.494. The molecule has 4 nitrogen and oxygen atoms in total. The van der Waals surface area contributed by atoms with Crippen LogP contribution in [-0.2, 0) is 11.4 Å². The molecule has 3 rings (SSSR count). The van der Waals surface area contributed by atoms with E-state index in [0.29, 0.717) is 33.1 Å². The van der Waals surface area contributed by atoms with Gasteiger partial charge in [-0.1, -0.05) is 54.1 Å². The molecule has 0 unspecified atom stereocenters. The molecule has 0 heterocycles. The number of halogens is 2. The van der Waals surface area contributed by atoms with E-state index in [9.17, 15) is 14.4 Å². The lowest BCUT2D eigenvalue weighted by atomic mass is 10.1. The monoisotopic (exact) mass is 420 g/mol. The molecule has 3 aromatic carbocycles. The van der Waals surface area contributed by atoms with Crippen molar-refractivity contribution in [2.75, 3.05) is 5.32 Å². The summed E-state index contributed by atoms with van der Waals surface area (Å²) in [5.41, 5.74) is 2.07. The first-order valence-electron chi connectivity index (χ1n) is 9.13. The van der Waals surface area contributed by atoms with Crippen molar-refractivity contribution < 1.29 is 13.9 Å². The molecule has 30 heavy (non-hydrogen) atoms. The Morgan fingerprint density at radius 3 is 2.63 bits per heavy atom. The zero-order valence-corrected chi connectivity index (χ0v) is 16.9. The second-order valence-corrected chi connectivity index (χ2v) is 6.86. The highest BCUT2D eigenvalue weighted by Crippen LogP contribution is 2.25. The third-order valence-electron chi connectivity index (χ3n) is 4.44. The number of para-hydroxylation sites is 1. The third-order valence-corrected chi connectivity index (χ3v) is 4.85. The van der Waals surface area contributed by atoms with Crippen LogP contribution >= 0.6 is 11.6 Å². The van der Waals surface area contributed by atoms with Crippen molar-refractivity contribution in [3.05, 3.63) is 99.8 Å². The molecule has 150 valence electrons. The Morgan fingerprint density at radius 2 is 1.87 bits per heavy atom. The van der Waals surface area contributed by atoms with E-state index in [0.717, 1.165) is 0 Å². The van der Waals surface area contributed by atoms with Gasteiger partial charge in [0.15, 0.2) is 0 Å². The molecule has 0 aromatic heterocycles. The molecule has 1 N–H and O–H groups in total. The summed E-state index contributed by atoms with van der Waals surface area (Å²) < 4.78 is 19.6. The minimum atomic E-state index is -0.563. The van der Waals surface area contributed by atoms with Crippen molar-refractivity contribution in [3.8, 4) is 11.8 Å². The summed E-state index contributed by atoms with van der Waals surface area (Å²) in [5, 5.41) is 12.7. The maximum Gasteiger partial charge on any atom is 0.266 e. The minimum absolute atomic E-state index is 0.0211. The molecular weight excluding hydrogens is 403 g/mol. The fourth-order valence-electron chi connectivity index (χ4n) is 2.74.